The molecule has 1 fully saturated rings. The third kappa shape index (κ3) is 2.76. The average Bonchev–Trinajstić information content (AvgIpc) is 1.84. The highest BCUT2D eigenvalue weighted by Crippen LogP contribution is 2.13. The maximum absolute atomic E-state index is 10.6. The van der Waals surface area contributed by atoms with Crippen LogP contribution in [0.3, 0.4) is 0 Å². The van der Waals surface area contributed by atoms with Gasteiger partial charge in [0, 0.05) is 6.61 Å². The maximum atomic E-state index is 10.6. The summed E-state index contributed by atoms with van der Waals surface area (Å²) < 4.78 is 26.4. The fourth-order valence-corrected chi connectivity index (χ4v) is 2.17. The van der Waals surface area contributed by atoms with E-state index in [4.69, 9.17) is 10.5 Å². The lowest BCUT2D eigenvalue weighted by molar-refractivity contribution is 0.0726. The van der Waals surface area contributed by atoms with Crippen LogP contribution >= 0.6 is 0 Å². The molecule has 1 heterocycles. The van der Waals surface area contributed by atoms with Crippen LogP contribution in [0.4, 0.5) is 0 Å². The minimum absolute atomic E-state index is 0.0634. The van der Waals surface area contributed by atoms with Gasteiger partial charge < -0.3 is 10.5 Å². The number of rotatable bonds is 4. The molecule has 0 aromatic rings. The number of hydrogen-bond acceptors (Lipinski definition) is 4. The second kappa shape index (κ2) is 3.51. The van der Waals surface area contributed by atoms with E-state index >= 15 is 0 Å². The van der Waals surface area contributed by atoms with E-state index in [0.29, 0.717) is 13.2 Å². The lowest BCUT2D eigenvalue weighted by Crippen LogP contribution is -2.43. The van der Waals surface area contributed by atoms with Crippen molar-refractivity contribution in [2.45, 2.75) is 12.5 Å². The van der Waals surface area contributed by atoms with Gasteiger partial charge >= 0.3 is 0 Å². The summed E-state index contributed by atoms with van der Waals surface area (Å²) in [5, 5.41) is 0. The summed E-state index contributed by atoms with van der Waals surface area (Å²) in [6, 6.07) is 0. The summed E-state index contributed by atoms with van der Waals surface area (Å²) >= 11 is 0. The topological polar surface area (TPSA) is 69.4 Å². The molecule has 0 spiro atoms. The summed E-state index contributed by atoms with van der Waals surface area (Å²) in [5.74, 6) is 0.384. The summed E-state index contributed by atoms with van der Waals surface area (Å²) in [7, 11) is -2.72. The molecule has 0 saturated carbocycles. The summed E-state index contributed by atoms with van der Waals surface area (Å²) in [5.41, 5.74) is 5.23. The third-order valence-corrected chi connectivity index (χ3v) is 3.34. The van der Waals surface area contributed by atoms with Crippen LogP contribution in [0.15, 0.2) is 0 Å². The van der Waals surface area contributed by atoms with Gasteiger partial charge in [-0.15, -0.1) is 0 Å². The van der Waals surface area contributed by atoms with Crippen LogP contribution in [-0.4, -0.2) is 39.2 Å². The Kier molecular flexibility index (Phi) is 2.86. The molecule has 0 amide bonds. The standard InChI is InChI=1S/C6H13NO3S/c7-2-1-3-10-6-4-11(8,9)5-6/h6H,1-5,7H2. The molecule has 0 bridgehead atoms. The monoisotopic (exact) mass is 179 g/mol. The molecule has 5 heteroatoms. The fourth-order valence-electron chi connectivity index (χ4n) is 0.947. The second-order valence-corrected chi connectivity index (χ2v) is 4.87. The largest absolute Gasteiger partial charge is 0.376 e. The zero-order chi connectivity index (χ0) is 8.32. The molecule has 0 aromatic carbocycles. The summed E-state index contributed by atoms with van der Waals surface area (Å²) in [6.07, 6.45) is 0.739. The van der Waals surface area contributed by atoms with E-state index in [2.05, 4.69) is 0 Å². The van der Waals surface area contributed by atoms with E-state index in [0.717, 1.165) is 6.42 Å². The predicted octanol–water partition coefficient (Wildman–Crippen LogP) is -0.851. The zero-order valence-corrected chi connectivity index (χ0v) is 7.14. The first-order chi connectivity index (χ1) is 5.14. The molecule has 0 aromatic heterocycles. The Morgan fingerprint density at radius 1 is 1.45 bits per heavy atom. The third-order valence-electron chi connectivity index (χ3n) is 1.58. The molecular weight excluding hydrogens is 166 g/mol. The highest BCUT2D eigenvalue weighted by molar-refractivity contribution is 7.92. The number of nitrogens with two attached hydrogens (primary N) is 1. The van der Waals surface area contributed by atoms with E-state index in [9.17, 15) is 8.42 Å². The van der Waals surface area contributed by atoms with E-state index < -0.39 is 9.84 Å². The Bertz CT molecular complexity index is 200. The molecule has 1 aliphatic rings. The Morgan fingerprint density at radius 3 is 2.55 bits per heavy atom. The van der Waals surface area contributed by atoms with Gasteiger partial charge in [-0.2, -0.15) is 0 Å². The number of hydrogen-bond donors (Lipinski definition) is 1. The Hall–Kier alpha value is -0.130. The molecule has 66 valence electrons. The number of ether oxygens (including phenoxy) is 1. The highest BCUT2D eigenvalue weighted by atomic mass is 32.2. The van der Waals surface area contributed by atoms with Gasteiger partial charge in [0.05, 0.1) is 17.6 Å². The SMILES string of the molecule is NCCCOC1CS(=O)(=O)C1. The smallest absolute Gasteiger partial charge is 0.155 e. The van der Waals surface area contributed by atoms with Gasteiger partial charge in [0.2, 0.25) is 0 Å². The summed E-state index contributed by atoms with van der Waals surface area (Å²) in [6.45, 7) is 1.18. The molecular formula is C6H13NO3S. The molecule has 0 radical (unpaired) electrons. The fraction of sp³-hybridized carbons (Fsp3) is 1.00. The van der Waals surface area contributed by atoms with Crippen molar-refractivity contribution in [2.24, 2.45) is 5.73 Å². The molecule has 1 aliphatic heterocycles. The predicted molar refractivity (Wildman–Crippen MR) is 42.1 cm³/mol. The average molecular weight is 179 g/mol. The van der Waals surface area contributed by atoms with Crippen LogP contribution in [-0.2, 0) is 14.6 Å². The van der Waals surface area contributed by atoms with Crippen LogP contribution in [0.1, 0.15) is 6.42 Å². The van der Waals surface area contributed by atoms with E-state index in [1.54, 1.807) is 0 Å². The molecule has 0 aliphatic carbocycles. The van der Waals surface area contributed by atoms with Gasteiger partial charge in [-0.1, -0.05) is 0 Å². The normalized spacial score (nSPS) is 23.0. The van der Waals surface area contributed by atoms with E-state index in [-0.39, 0.29) is 17.6 Å². The van der Waals surface area contributed by atoms with Gasteiger partial charge in [0.1, 0.15) is 0 Å². The van der Waals surface area contributed by atoms with Crippen molar-refractivity contribution in [3.05, 3.63) is 0 Å². The van der Waals surface area contributed by atoms with Crippen molar-refractivity contribution in [3.63, 3.8) is 0 Å². The van der Waals surface area contributed by atoms with Gasteiger partial charge in [-0.3, -0.25) is 0 Å². The summed E-state index contributed by atoms with van der Waals surface area (Å²) in [4.78, 5) is 0. The lowest BCUT2D eigenvalue weighted by Gasteiger charge is -2.25. The minimum atomic E-state index is -2.72. The van der Waals surface area contributed by atoms with Crippen molar-refractivity contribution in [3.8, 4) is 0 Å². The molecule has 4 nitrogen and oxygen atoms in total. The van der Waals surface area contributed by atoms with Gasteiger partial charge in [-0.25, -0.2) is 8.42 Å². The highest BCUT2D eigenvalue weighted by Gasteiger charge is 2.33. The van der Waals surface area contributed by atoms with Gasteiger partial charge in [0.25, 0.3) is 0 Å². The zero-order valence-electron chi connectivity index (χ0n) is 6.32. The Balaban J connectivity index is 2.05. The van der Waals surface area contributed by atoms with E-state index in [1.807, 2.05) is 0 Å². The number of sulfone groups is 1. The van der Waals surface area contributed by atoms with Crippen molar-refractivity contribution in [2.75, 3.05) is 24.7 Å². The Morgan fingerprint density at radius 2 is 2.09 bits per heavy atom. The van der Waals surface area contributed by atoms with Crippen molar-refractivity contribution in [1.82, 2.24) is 0 Å². The van der Waals surface area contributed by atoms with E-state index in [1.165, 1.54) is 0 Å². The molecule has 0 unspecified atom stereocenters. The van der Waals surface area contributed by atoms with Crippen molar-refractivity contribution >= 4 is 9.84 Å². The minimum Gasteiger partial charge on any atom is -0.376 e. The second-order valence-electron chi connectivity index (χ2n) is 2.71. The Labute approximate surface area is 66.6 Å². The van der Waals surface area contributed by atoms with Crippen LogP contribution in [0.25, 0.3) is 0 Å². The van der Waals surface area contributed by atoms with Crippen LogP contribution < -0.4 is 5.73 Å². The quantitative estimate of drug-likeness (QED) is 0.571. The molecule has 1 saturated heterocycles. The maximum Gasteiger partial charge on any atom is 0.155 e. The molecule has 2 N–H and O–H groups in total. The van der Waals surface area contributed by atoms with Gasteiger partial charge in [0.15, 0.2) is 9.84 Å². The lowest BCUT2D eigenvalue weighted by atomic mass is 10.4. The van der Waals surface area contributed by atoms with Crippen molar-refractivity contribution < 1.29 is 13.2 Å². The van der Waals surface area contributed by atoms with Crippen molar-refractivity contribution in [1.29, 1.82) is 0 Å². The van der Waals surface area contributed by atoms with Crippen LogP contribution in [0.5, 0.6) is 0 Å². The molecule has 11 heavy (non-hydrogen) atoms. The molecule has 1 rings (SSSR count). The molecule has 0 atom stereocenters. The first kappa shape index (κ1) is 8.96. The van der Waals surface area contributed by atoms with Gasteiger partial charge in [-0.05, 0) is 13.0 Å². The first-order valence-electron chi connectivity index (χ1n) is 3.66. The van der Waals surface area contributed by atoms with Crippen LogP contribution in [0.2, 0.25) is 0 Å². The van der Waals surface area contributed by atoms with Crippen LogP contribution in [0, 0.1) is 0 Å². The first-order valence-corrected chi connectivity index (χ1v) is 5.48.